The Labute approximate surface area is 168 Å². The first-order valence-corrected chi connectivity index (χ1v) is 9.29. The van der Waals surface area contributed by atoms with Gasteiger partial charge in [0.15, 0.2) is 0 Å². The summed E-state index contributed by atoms with van der Waals surface area (Å²) in [6, 6.07) is 15.8. The molecule has 7 heteroatoms. The number of halogens is 2. The number of hydrogen-bond donors (Lipinski definition) is 2. The fourth-order valence-corrected chi connectivity index (χ4v) is 2.85. The number of nitrogens with one attached hydrogen (secondary N) is 2. The average molecular weight is 399 g/mol. The lowest BCUT2D eigenvalue weighted by molar-refractivity contribution is 0.102. The molecular formula is C21H20ClFN4O. The molecule has 0 aliphatic rings. The number of aromatic nitrogens is 2. The summed E-state index contributed by atoms with van der Waals surface area (Å²) in [5.74, 6) is -0.560. The first-order chi connectivity index (χ1) is 13.5. The smallest absolute Gasteiger partial charge is 0.274 e. The summed E-state index contributed by atoms with van der Waals surface area (Å²) in [6.45, 7) is 2.48. The van der Waals surface area contributed by atoms with Gasteiger partial charge in [-0.15, -0.1) is 0 Å². The summed E-state index contributed by atoms with van der Waals surface area (Å²) in [5, 5.41) is 5.76. The van der Waals surface area contributed by atoms with Crippen LogP contribution < -0.4 is 10.6 Å². The Hall–Kier alpha value is -2.99. The van der Waals surface area contributed by atoms with Gasteiger partial charge < -0.3 is 10.6 Å². The van der Waals surface area contributed by atoms with Gasteiger partial charge in [0.25, 0.3) is 5.91 Å². The number of hydrogen-bond acceptors (Lipinski definition) is 4. The molecular weight excluding hydrogens is 379 g/mol. The van der Waals surface area contributed by atoms with Crippen LogP contribution in [0.25, 0.3) is 0 Å². The Bertz CT molecular complexity index is 966. The van der Waals surface area contributed by atoms with Gasteiger partial charge in [-0.05, 0) is 49.6 Å². The highest BCUT2D eigenvalue weighted by Gasteiger charge is 2.12. The standard InChI is InChI=1S/C21H20ClFN4O/c1-14-12-19(20(28)26-16-9-10-18(23)17(22)13-16)27-21(25-14)24-11-5-8-15-6-3-2-4-7-15/h2-4,6-7,9-10,12-13H,5,8,11H2,1H3,(H,26,28)(H,24,25,27). The van der Waals surface area contributed by atoms with Crippen molar-refractivity contribution in [1.29, 1.82) is 0 Å². The van der Waals surface area contributed by atoms with Crippen molar-refractivity contribution >= 4 is 29.1 Å². The van der Waals surface area contributed by atoms with Crippen LogP contribution in [0.15, 0.2) is 54.6 Å². The quantitative estimate of drug-likeness (QED) is 0.557. The highest BCUT2D eigenvalue weighted by molar-refractivity contribution is 6.31. The second-order valence-electron chi connectivity index (χ2n) is 6.32. The summed E-state index contributed by atoms with van der Waals surface area (Å²) in [5.41, 5.74) is 2.55. The molecule has 0 bridgehead atoms. The minimum absolute atomic E-state index is 0.0579. The lowest BCUT2D eigenvalue weighted by Gasteiger charge is -2.09. The fourth-order valence-electron chi connectivity index (χ4n) is 2.67. The largest absolute Gasteiger partial charge is 0.354 e. The maximum absolute atomic E-state index is 13.2. The van der Waals surface area contributed by atoms with E-state index >= 15 is 0 Å². The zero-order valence-corrected chi connectivity index (χ0v) is 16.1. The summed E-state index contributed by atoms with van der Waals surface area (Å²) >= 11 is 5.75. The summed E-state index contributed by atoms with van der Waals surface area (Å²) in [7, 11) is 0. The van der Waals surface area contributed by atoms with Gasteiger partial charge in [0.1, 0.15) is 11.5 Å². The number of aryl methyl sites for hydroxylation is 2. The first kappa shape index (κ1) is 19.8. The lowest BCUT2D eigenvalue weighted by atomic mass is 10.1. The number of nitrogens with zero attached hydrogens (tertiary/aromatic N) is 2. The average Bonchev–Trinajstić information content (AvgIpc) is 2.68. The Kier molecular flexibility index (Phi) is 6.55. The maximum atomic E-state index is 13.2. The molecule has 0 unspecified atom stereocenters. The molecule has 0 saturated heterocycles. The molecule has 28 heavy (non-hydrogen) atoms. The number of carbonyl (C=O) groups is 1. The first-order valence-electron chi connectivity index (χ1n) is 8.91. The third-order valence-electron chi connectivity index (χ3n) is 4.03. The Morgan fingerprint density at radius 1 is 1.11 bits per heavy atom. The van der Waals surface area contributed by atoms with E-state index in [2.05, 4.69) is 32.7 Å². The van der Waals surface area contributed by atoms with Crippen LogP contribution in [-0.4, -0.2) is 22.4 Å². The third kappa shape index (κ3) is 5.50. The van der Waals surface area contributed by atoms with E-state index in [-0.39, 0.29) is 10.7 Å². The molecule has 5 nitrogen and oxygen atoms in total. The molecule has 3 rings (SSSR count). The van der Waals surface area contributed by atoms with Crippen molar-refractivity contribution in [2.24, 2.45) is 0 Å². The zero-order valence-electron chi connectivity index (χ0n) is 15.4. The fraction of sp³-hybridized carbons (Fsp3) is 0.190. The number of rotatable bonds is 7. The van der Waals surface area contributed by atoms with E-state index < -0.39 is 11.7 Å². The summed E-state index contributed by atoms with van der Waals surface area (Å²) < 4.78 is 13.2. The van der Waals surface area contributed by atoms with Crippen LogP contribution in [0.4, 0.5) is 16.0 Å². The van der Waals surface area contributed by atoms with Gasteiger partial charge in [-0.2, -0.15) is 0 Å². The van der Waals surface area contributed by atoms with Crippen molar-refractivity contribution in [2.75, 3.05) is 17.2 Å². The summed E-state index contributed by atoms with van der Waals surface area (Å²) in [6.07, 6.45) is 1.86. The monoisotopic (exact) mass is 398 g/mol. The van der Waals surface area contributed by atoms with E-state index in [9.17, 15) is 9.18 Å². The minimum Gasteiger partial charge on any atom is -0.354 e. The van der Waals surface area contributed by atoms with Gasteiger partial charge in [0.05, 0.1) is 5.02 Å². The molecule has 1 aromatic heterocycles. The van der Waals surface area contributed by atoms with Crippen LogP contribution in [0.5, 0.6) is 0 Å². The highest BCUT2D eigenvalue weighted by atomic mass is 35.5. The Morgan fingerprint density at radius 2 is 1.89 bits per heavy atom. The summed E-state index contributed by atoms with van der Waals surface area (Å²) in [4.78, 5) is 21.1. The van der Waals surface area contributed by atoms with E-state index in [4.69, 9.17) is 11.6 Å². The van der Waals surface area contributed by atoms with Crippen LogP contribution in [-0.2, 0) is 6.42 Å². The van der Waals surface area contributed by atoms with Crippen LogP contribution in [0.3, 0.4) is 0 Å². The number of benzene rings is 2. The molecule has 0 atom stereocenters. The van der Waals surface area contributed by atoms with E-state index in [0.29, 0.717) is 23.9 Å². The molecule has 0 fully saturated rings. The van der Waals surface area contributed by atoms with Gasteiger partial charge in [0, 0.05) is 17.9 Å². The molecule has 1 heterocycles. The lowest BCUT2D eigenvalue weighted by Crippen LogP contribution is -2.16. The third-order valence-corrected chi connectivity index (χ3v) is 4.32. The Morgan fingerprint density at radius 3 is 2.64 bits per heavy atom. The molecule has 0 radical (unpaired) electrons. The normalized spacial score (nSPS) is 10.5. The van der Waals surface area contributed by atoms with E-state index in [0.717, 1.165) is 12.8 Å². The number of anilines is 2. The van der Waals surface area contributed by atoms with Crippen molar-refractivity contribution < 1.29 is 9.18 Å². The molecule has 144 valence electrons. The topological polar surface area (TPSA) is 66.9 Å². The molecule has 0 aliphatic carbocycles. The molecule has 0 spiro atoms. The molecule has 1 amide bonds. The van der Waals surface area contributed by atoms with Crippen molar-refractivity contribution in [3.63, 3.8) is 0 Å². The predicted octanol–water partition coefficient (Wildman–Crippen LogP) is 4.87. The maximum Gasteiger partial charge on any atom is 0.274 e. The highest BCUT2D eigenvalue weighted by Crippen LogP contribution is 2.20. The van der Waals surface area contributed by atoms with E-state index in [1.807, 2.05) is 18.2 Å². The van der Waals surface area contributed by atoms with Gasteiger partial charge in [-0.1, -0.05) is 41.9 Å². The zero-order chi connectivity index (χ0) is 19.9. The van der Waals surface area contributed by atoms with E-state index in [1.165, 1.54) is 23.8 Å². The minimum atomic E-state index is -0.542. The van der Waals surface area contributed by atoms with Crippen LogP contribution in [0.1, 0.15) is 28.2 Å². The molecule has 3 aromatic rings. The van der Waals surface area contributed by atoms with Gasteiger partial charge in [-0.25, -0.2) is 14.4 Å². The van der Waals surface area contributed by atoms with Crippen LogP contribution in [0.2, 0.25) is 5.02 Å². The van der Waals surface area contributed by atoms with Crippen LogP contribution >= 0.6 is 11.6 Å². The van der Waals surface area contributed by atoms with Crippen molar-refractivity contribution in [3.8, 4) is 0 Å². The number of amides is 1. The van der Waals surface area contributed by atoms with Crippen molar-refractivity contribution in [3.05, 3.63) is 82.4 Å². The van der Waals surface area contributed by atoms with Crippen LogP contribution in [0, 0.1) is 12.7 Å². The second kappa shape index (κ2) is 9.28. The van der Waals surface area contributed by atoms with E-state index in [1.54, 1.807) is 13.0 Å². The number of carbonyl (C=O) groups excluding carboxylic acids is 1. The second-order valence-corrected chi connectivity index (χ2v) is 6.72. The van der Waals surface area contributed by atoms with Crippen molar-refractivity contribution in [1.82, 2.24) is 9.97 Å². The SMILES string of the molecule is Cc1cc(C(=O)Nc2ccc(F)c(Cl)c2)nc(NCCCc2ccccc2)n1. The van der Waals surface area contributed by atoms with Gasteiger partial charge >= 0.3 is 0 Å². The van der Waals surface area contributed by atoms with Gasteiger partial charge in [0.2, 0.25) is 5.95 Å². The van der Waals surface area contributed by atoms with Gasteiger partial charge in [-0.3, -0.25) is 4.79 Å². The molecule has 2 aromatic carbocycles. The predicted molar refractivity (Wildman–Crippen MR) is 109 cm³/mol. The molecule has 0 aliphatic heterocycles. The van der Waals surface area contributed by atoms with Crippen molar-refractivity contribution in [2.45, 2.75) is 19.8 Å². The molecule has 0 saturated carbocycles. The Balaban J connectivity index is 1.60. The molecule has 2 N–H and O–H groups in total.